The topological polar surface area (TPSA) is 27.9 Å². The van der Waals surface area contributed by atoms with E-state index in [0.29, 0.717) is 0 Å². The molecule has 0 saturated carbocycles. The molecule has 0 bridgehead atoms. The van der Waals surface area contributed by atoms with E-state index in [1.807, 2.05) is 22.7 Å². The molecule has 0 amide bonds. The van der Waals surface area contributed by atoms with E-state index in [2.05, 4.69) is 481 Å². The summed E-state index contributed by atoms with van der Waals surface area (Å²) in [6, 6.07) is 166. The summed E-state index contributed by atoms with van der Waals surface area (Å²) in [7, 11) is 0. The molecule has 23 aromatic carbocycles. The maximum Gasteiger partial charge on any atom is 0.143 e. The summed E-state index contributed by atoms with van der Waals surface area (Å²) < 4.78 is 19.4. The molecule has 0 spiro atoms. The van der Waals surface area contributed by atoms with Gasteiger partial charge in [-0.15, -0.1) is 22.7 Å². The second kappa shape index (κ2) is 30.8. The van der Waals surface area contributed by atoms with Crippen LogP contribution in [0.1, 0.15) is 11.1 Å². The zero-order valence-electron chi connectivity index (χ0n) is 73.2. The predicted molar refractivity (Wildman–Crippen MR) is 580 cm³/mol. The first-order chi connectivity index (χ1) is 67.0. The quantitative estimate of drug-likeness (QED) is 0.149. The van der Waals surface area contributed by atoms with Crippen molar-refractivity contribution in [3.8, 4) is 72.7 Å². The molecule has 6 heterocycles. The Morgan fingerprint density at radius 1 is 0.215 bits per heavy atom. The summed E-state index contributed by atoms with van der Waals surface area (Å²) in [6.07, 6.45) is 5.59. The van der Waals surface area contributed by atoms with E-state index < -0.39 is 0 Å². The third-order valence-electron chi connectivity index (χ3n) is 28.4. The van der Waals surface area contributed by atoms with Crippen LogP contribution in [0.2, 0.25) is 0 Å². The van der Waals surface area contributed by atoms with E-state index >= 15 is 0 Å². The largest absolute Gasteiger partial charge is 0.455 e. The van der Waals surface area contributed by atoms with Gasteiger partial charge in [-0.25, -0.2) is 0 Å². The van der Waals surface area contributed by atoms with E-state index in [1.54, 1.807) is 0 Å². The van der Waals surface area contributed by atoms with Crippen molar-refractivity contribution in [2.75, 3.05) is 0 Å². The highest BCUT2D eigenvalue weighted by Crippen LogP contribution is 2.54. The van der Waals surface area contributed by atoms with Gasteiger partial charge in [0.15, 0.2) is 0 Å². The highest BCUT2D eigenvalue weighted by atomic mass is 32.1. The van der Waals surface area contributed by atoms with Crippen molar-refractivity contribution < 1.29 is 4.42 Å². The SMILES string of the molecule is C1=Cc2cc(-n3c4ccccc4c4c5c(ccc43)sc3cc4ccccc4cc35)cc3cccc(c23)C1.c1ccc(-c2ccc(-n3c4cccc(-c5ccccc5)c4c4ccc5oc6c7ccccc7ccc6c5c43)cc2)cc1.c1ccc(-c2ccc3c(ccc4c3c3c5ccc(-c6ccccc6)cc5c5c6ccc7ccc(-c8ccccc8)cc7c6sc5c3n4-c3ccccc3)c2)cc1. The molecular weight excluding hydrogens is 1670 g/mol. The fourth-order valence-corrected chi connectivity index (χ4v) is 24.9. The Bertz CT molecular complexity index is 10000. The van der Waals surface area contributed by atoms with Gasteiger partial charge in [0.1, 0.15) is 11.2 Å². The van der Waals surface area contributed by atoms with Gasteiger partial charge in [0.25, 0.3) is 0 Å². The summed E-state index contributed by atoms with van der Waals surface area (Å²) in [5.41, 5.74) is 27.7. The fraction of sp³-hybridized carbons (Fsp3) is 0.00775. The maximum absolute atomic E-state index is 6.64. The smallest absolute Gasteiger partial charge is 0.143 e. The highest BCUT2D eigenvalue weighted by Gasteiger charge is 2.28. The van der Waals surface area contributed by atoms with Crippen molar-refractivity contribution in [1.82, 2.24) is 13.7 Å². The molecule has 628 valence electrons. The molecule has 0 aliphatic heterocycles. The van der Waals surface area contributed by atoms with Gasteiger partial charge in [0, 0.05) is 101 Å². The average molecular weight is 1750 g/mol. The summed E-state index contributed by atoms with van der Waals surface area (Å²) in [5.74, 6) is 0. The first-order valence-electron chi connectivity index (χ1n) is 46.5. The Balaban J connectivity index is 0.000000103. The van der Waals surface area contributed by atoms with E-state index in [4.69, 9.17) is 4.42 Å². The first-order valence-corrected chi connectivity index (χ1v) is 48.1. The molecule has 6 aromatic heterocycles. The minimum atomic E-state index is 0.903. The number of allylic oxidation sites excluding steroid dienone is 1. The number of thiophene rings is 2. The molecule has 0 radical (unpaired) electrons. The molecule has 0 fully saturated rings. The van der Waals surface area contributed by atoms with Crippen molar-refractivity contribution in [1.29, 1.82) is 0 Å². The Morgan fingerprint density at radius 2 is 0.733 bits per heavy atom. The van der Waals surface area contributed by atoms with Crippen molar-refractivity contribution in [3.63, 3.8) is 0 Å². The van der Waals surface area contributed by atoms with Crippen LogP contribution in [-0.2, 0) is 6.42 Å². The number of para-hydroxylation sites is 2. The van der Waals surface area contributed by atoms with Crippen molar-refractivity contribution >= 4 is 221 Å². The molecule has 1 aliphatic rings. The molecule has 4 nitrogen and oxygen atoms in total. The van der Waals surface area contributed by atoms with Crippen LogP contribution in [-0.4, -0.2) is 13.7 Å². The van der Waals surface area contributed by atoms with Crippen LogP contribution >= 0.6 is 22.7 Å². The molecule has 1 aliphatic carbocycles. The minimum absolute atomic E-state index is 0.903. The van der Waals surface area contributed by atoms with Crippen LogP contribution in [0.3, 0.4) is 0 Å². The molecule has 30 rings (SSSR count). The lowest BCUT2D eigenvalue weighted by molar-refractivity contribution is 0.673. The second-order valence-electron chi connectivity index (χ2n) is 35.9. The third-order valence-corrected chi connectivity index (χ3v) is 30.8. The lowest BCUT2D eigenvalue weighted by atomic mass is 9.92. The summed E-state index contributed by atoms with van der Waals surface area (Å²) in [6.45, 7) is 0. The van der Waals surface area contributed by atoms with Gasteiger partial charge < -0.3 is 18.1 Å². The number of aromatic nitrogens is 3. The van der Waals surface area contributed by atoms with Crippen LogP contribution in [0.5, 0.6) is 0 Å². The van der Waals surface area contributed by atoms with E-state index in [0.717, 1.165) is 39.4 Å². The Morgan fingerprint density at radius 3 is 1.47 bits per heavy atom. The van der Waals surface area contributed by atoms with E-state index in [1.165, 1.54) is 243 Å². The van der Waals surface area contributed by atoms with Crippen molar-refractivity contribution in [2.24, 2.45) is 0 Å². The van der Waals surface area contributed by atoms with Crippen LogP contribution in [0.4, 0.5) is 0 Å². The Hall–Kier alpha value is -17.0. The summed E-state index contributed by atoms with van der Waals surface area (Å²) in [4.78, 5) is 0. The Kier molecular flexibility index (Phi) is 17.5. The number of benzene rings is 23. The summed E-state index contributed by atoms with van der Waals surface area (Å²) >= 11 is 3.85. The molecule has 29 aromatic rings. The molecule has 0 N–H and O–H groups in total. The van der Waals surface area contributed by atoms with Crippen LogP contribution in [0.15, 0.2) is 465 Å². The standard InChI is InChI=1S/C54H33NS.C40H25NO.C35H21NS/c1-5-13-34(14-6-1)38-24-27-43-41(31-38)26-30-48-50(43)51-44-28-25-40(36-17-9-3-10-18-36)33-47(44)49-45-29-23-37-21-22-39(35-15-7-2-8-16-35)32-46(37)53(45)56-54(49)52(51)55(48)42-19-11-4-12-20-42;1-3-10-26(11-4-1)27-18-21-30(22-19-27)41-35-17-9-16-31(28-12-5-2-6-13-28)37(35)33-24-25-36-38(39(33)41)34-23-20-29-14-7-8-15-32(29)40(34)42-36;1-2-8-23-20-32-28(19-22(23)7-1)35-31(37-32)16-15-30-34(35)27-13-3-4-14-29(27)36(30)26-17-24-11-5-9-21-10-6-12-25(18-26)33(21)24/h1-33H;1-25H;1-9,11-20H,10H2. The fourth-order valence-electron chi connectivity index (χ4n) is 22.4. The highest BCUT2D eigenvalue weighted by molar-refractivity contribution is 7.28. The number of fused-ring (bicyclic) bond motifs is 31. The molecular formula is C129H79N3OS2. The zero-order valence-corrected chi connectivity index (χ0v) is 74.9. The van der Waals surface area contributed by atoms with Gasteiger partial charge >= 0.3 is 0 Å². The van der Waals surface area contributed by atoms with E-state index in [-0.39, 0.29) is 0 Å². The summed E-state index contributed by atoms with van der Waals surface area (Å²) in [5, 5.41) is 30.7. The number of rotatable bonds is 8. The zero-order chi connectivity index (χ0) is 88.5. The monoisotopic (exact) mass is 1750 g/mol. The molecule has 6 heteroatoms. The average Bonchev–Trinajstić information content (AvgIpc) is 1.57. The maximum atomic E-state index is 6.64. The predicted octanol–water partition coefficient (Wildman–Crippen LogP) is 36.8. The van der Waals surface area contributed by atoms with Crippen molar-refractivity contribution in [2.45, 2.75) is 6.42 Å². The normalized spacial score (nSPS) is 12.2. The lowest BCUT2D eigenvalue weighted by Gasteiger charge is -2.16. The van der Waals surface area contributed by atoms with Gasteiger partial charge in [0.2, 0.25) is 0 Å². The second-order valence-corrected chi connectivity index (χ2v) is 38.0. The van der Waals surface area contributed by atoms with Gasteiger partial charge in [-0.2, -0.15) is 0 Å². The van der Waals surface area contributed by atoms with Crippen LogP contribution in [0.25, 0.3) is 271 Å². The van der Waals surface area contributed by atoms with Gasteiger partial charge in [-0.05, 0) is 242 Å². The number of furan rings is 1. The molecule has 0 saturated heterocycles. The first kappa shape index (κ1) is 76.8. The van der Waals surface area contributed by atoms with Crippen LogP contribution < -0.4 is 0 Å². The van der Waals surface area contributed by atoms with Gasteiger partial charge in [-0.1, -0.05) is 352 Å². The molecule has 0 unspecified atom stereocenters. The molecule has 135 heavy (non-hydrogen) atoms. The number of hydrogen-bond donors (Lipinski definition) is 0. The minimum Gasteiger partial charge on any atom is -0.455 e. The number of nitrogens with zero attached hydrogens (tertiary/aromatic N) is 3. The third kappa shape index (κ3) is 12.2. The Labute approximate surface area is 784 Å². The van der Waals surface area contributed by atoms with Crippen molar-refractivity contribution in [3.05, 3.63) is 472 Å². The molecule has 0 atom stereocenters. The van der Waals surface area contributed by atoms with Gasteiger partial charge in [-0.3, -0.25) is 0 Å². The van der Waals surface area contributed by atoms with Crippen LogP contribution in [0, 0.1) is 0 Å². The number of hydrogen-bond acceptors (Lipinski definition) is 3. The van der Waals surface area contributed by atoms with E-state index in [9.17, 15) is 0 Å². The van der Waals surface area contributed by atoms with Gasteiger partial charge in [0.05, 0.1) is 43.2 Å². The lowest BCUT2D eigenvalue weighted by Crippen LogP contribution is -1.98.